The molecular weight excluding hydrogens is 369 g/mol. The summed E-state index contributed by atoms with van der Waals surface area (Å²) in [6.07, 6.45) is 0. The average Bonchev–Trinajstić information content (AvgIpc) is 2.58. The average molecular weight is 382 g/mol. The first kappa shape index (κ1) is 18.7. The van der Waals surface area contributed by atoms with Crippen LogP contribution >= 0.6 is 23.2 Å². The highest BCUT2D eigenvalue weighted by molar-refractivity contribution is 6.35. The van der Waals surface area contributed by atoms with Gasteiger partial charge in [0, 0.05) is 11.1 Å². The molecule has 0 aliphatic heterocycles. The number of carbonyl (C=O) groups excluding carboxylic acids is 1. The number of nitro groups is 1. The van der Waals surface area contributed by atoms with E-state index in [2.05, 4.69) is 10.5 Å². The Hall–Kier alpha value is -2.64. The van der Waals surface area contributed by atoms with Crippen molar-refractivity contribution in [1.82, 2.24) is 5.43 Å². The van der Waals surface area contributed by atoms with Gasteiger partial charge in [0.2, 0.25) is 0 Å². The maximum absolute atomic E-state index is 11.8. The molecule has 0 unspecified atom stereocenters. The monoisotopic (exact) mass is 381 g/mol. The number of nitrogens with one attached hydrogen (secondary N) is 1. The molecule has 0 saturated carbocycles. The zero-order chi connectivity index (χ0) is 18.4. The van der Waals surface area contributed by atoms with Crippen LogP contribution in [0.3, 0.4) is 0 Å². The second kappa shape index (κ2) is 8.46. The summed E-state index contributed by atoms with van der Waals surface area (Å²) in [6, 6.07) is 10.7. The number of carbonyl (C=O) groups is 1. The van der Waals surface area contributed by atoms with E-state index in [1.54, 1.807) is 37.3 Å². The molecule has 0 atom stereocenters. The molecule has 2 aromatic carbocycles. The predicted molar refractivity (Wildman–Crippen MR) is 95.4 cm³/mol. The van der Waals surface area contributed by atoms with Crippen LogP contribution in [0.15, 0.2) is 47.6 Å². The number of hydrogen-bond acceptors (Lipinski definition) is 5. The first-order valence-electron chi connectivity index (χ1n) is 7.03. The van der Waals surface area contributed by atoms with Crippen molar-refractivity contribution in [3.05, 3.63) is 68.2 Å². The Morgan fingerprint density at radius 3 is 2.68 bits per heavy atom. The largest absolute Gasteiger partial charge is 0.482 e. The second-order valence-corrected chi connectivity index (χ2v) is 5.71. The van der Waals surface area contributed by atoms with Crippen molar-refractivity contribution in [2.45, 2.75) is 6.92 Å². The van der Waals surface area contributed by atoms with Gasteiger partial charge in [-0.15, -0.1) is 0 Å². The van der Waals surface area contributed by atoms with E-state index in [1.807, 2.05) is 0 Å². The Bertz CT molecular complexity index is 840. The predicted octanol–water partition coefficient (Wildman–Crippen LogP) is 3.82. The third-order valence-corrected chi connectivity index (χ3v) is 3.62. The Balaban J connectivity index is 1.99. The molecule has 0 saturated heterocycles. The molecule has 0 aromatic heterocycles. The zero-order valence-corrected chi connectivity index (χ0v) is 14.5. The van der Waals surface area contributed by atoms with Crippen molar-refractivity contribution in [2.24, 2.45) is 5.10 Å². The summed E-state index contributed by atoms with van der Waals surface area (Å²) in [5.74, 6) is -0.232. The second-order valence-electron chi connectivity index (χ2n) is 4.87. The summed E-state index contributed by atoms with van der Waals surface area (Å²) in [6.45, 7) is 1.23. The lowest BCUT2D eigenvalue weighted by Gasteiger charge is -2.07. The molecule has 0 heterocycles. The van der Waals surface area contributed by atoms with Gasteiger partial charge in [-0.2, -0.15) is 5.10 Å². The summed E-state index contributed by atoms with van der Waals surface area (Å²) in [7, 11) is 0. The lowest BCUT2D eigenvalue weighted by molar-refractivity contribution is -0.385. The van der Waals surface area contributed by atoms with E-state index in [-0.39, 0.29) is 17.3 Å². The van der Waals surface area contributed by atoms with E-state index >= 15 is 0 Å². The van der Waals surface area contributed by atoms with Gasteiger partial charge < -0.3 is 4.74 Å². The van der Waals surface area contributed by atoms with Crippen LogP contribution in [0, 0.1) is 10.1 Å². The van der Waals surface area contributed by atoms with Gasteiger partial charge in [0.25, 0.3) is 11.6 Å². The van der Waals surface area contributed by atoms with E-state index in [9.17, 15) is 14.9 Å². The van der Waals surface area contributed by atoms with Gasteiger partial charge in [0.1, 0.15) is 5.75 Å². The molecule has 0 fully saturated rings. The molecule has 2 rings (SSSR count). The maximum Gasteiger partial charge on any atom is 0.278 e. The van der Waals surface area contributed by atoms with Crippen LogP contribution in [-0.2, 0) is 4.79 Å². The van der Waals surface area contributed by atoms with E-state index < -0.39 is 10.8 Å². The number of hydrazone groups is 1. The minimum atomic E-state index is -0.538. The Morgan fingerprint density at radius 1 is 1.28 bits per heavy atom. The maximum atomic E-state index is 11.8. The number of amides is 1. The number of benzene rings is 2. The number of halogens is 2. The summed E-state index contributed by atoms with van der Waals surface area (Å²) < 4.78 is 5.27. The number of hydrogen-bond donors (Lipinski definition) is 1. The van der Waals surface area contributed by atoms with Crippen LogP contribution in [-0.4, -0.2) is 23.1 Å². The number of para-hydroxylation sites is 1. The van der Waals surface area contributed by atoms with Crippen LogP contribution in [0.1, 0.15) is 12.5 Å². The molecule has 130 valence electrons. The molecule has 7 nitrogen and oxygen atoms in total. The van der Waals surface area contributed by atoms with Crippen molar-refractivity contribution in [3.8, 4) is 5.75 Å². The minimum absolute atomic E-state index is 0.0952. The van der Waals surface area contributed by atoms with E-state index in [0.717, 1.165) is 0 Å². The van der Waals surface area contributed by atoms with Gasteiger partial charge in [0.15, 0.2) is 6.61 Å². The van der Waals surface area contributed by atoms with Crippen LogP contribution < -0.4 is 10.2 Å². The summed E-state index contributed by atoms with van der Waals surface area (Å²) in [5, 5.41) is 15.6. The lowest BCUT2D eigenvalue weighted by atomic mass is 10.1. The fraction of sp³-hybridized carbons (Fsp3) is 0.125. The van der Waals surface area contributed by atoms with Gasteiger partial charge >= 0.3 is 0 Å². The van der Waals surface area contributed by atoms with Gasteiger partial charge in [-0.05, 0) is 31.2 Å². The van der Waals surface area contributed by atoms with Crippen molar-refractivity contribution in [2.75, 3.05) is 6.61 Å². The Labute approximate surface area is 153 Å². The van der Waals surface area contributed by atoms with E-state index in [1.165, 1.54) is 12.1 Å². The fourth-order valence-corrected chi connectivity index (χ4v) is 2.38. The van der Waals surface area contributed by atoms with Crippen molar-refractivity contribution < 1.29 is 14.5 Å². The lowest BCUT2D eigenvalue weighted by Crippen LogP contribution is -2.25. The third kappa shape index (κ3) is 5.17. The first-order valence-corrected chi connectivity index (χ1v) is 7.79. The van der Waals surface area contributed by atoms with E-state index in [4.69, 9.17) is 27.9 Å². The fourth-order valence-electron chi connectivity index (χ4n) is 1.91. The summed E-state index contributed by atoms with van der Waals surface area (Å²) in [5.41, 5.74) is 2.80. The van der Waals surface area contributed by atoms with Crippen molar-refractivity contribution in [3.63, 3.8) is 0 Å². The van der Waals surface area contributed by atoms with Gasteiger partial charge in [0.05, 0.1) is 21.2 Å². The van der Waals surface area contributed by atoms with Crippen LogP contribution in [0.5, 0.6) is 5.75 Å². The highest BCUT2D eigenvalue weighted by Gasteiger charge is 2.15. The molecule has 0 spiro atoms. The topological polar surface area (TPSA) is 93.8 Å². The van der Waals surface area contributed by atoms with Crippen LogP contribution in [0.4, 0.5) is 5.69 Å². The number of ether oxygens (including phenoxy) is 1. The van der Waals surface area contributed by atoms with Gasteiger partial charge in [-0.25, -0.2) is 5.43 Å². The Kier molecular flexibility index (Phi) is 6.32. The van der Waals surface area contributed by atoms with Crippen molar-refractivity contribution in [1.29, 1.82) is 0 Å². The van der Waals surface area contributed by atoms with E-state index in [0.29, 0.717) is 22.0 Å². The minimum Gasteiger partial charge on any atom is -0.482 e. The van der Waals surface area contributed by atoms with Crippen LogP contribution in [0.25, 0.3) is 0 Å². The molecule has 1 N–H and O–H groups in total. The molecule has 25 heavy (non-hydrogen) atoms. The SMILES string of the molecule is C/C(=N/NC(=O)COc1ccc(Cl)cc1Cl)c1ccccc1[N+](=O)[O-]. The molecule has 0 bridgehead atoms. The molecule has 2 aromatic rings. The normalized spacial score (nSPS) is 11.1. The number of nitro benzene ring substituents is 1. The smallest absolute Gasteiger partial charge is 0.278 e. The molecular formula is C16H13Cl2N3O4. The van der Waals surface area contributed by atoms with Gasteiger partial charge in [-0.1, -0.05) is 35.3 Å². The number of rotatable bonds is 6. The highest BCUT2D eigenvalue weighted by Crippen LogP contribution is 2.27. The molecule has 0 aliphatic carbocycles. The number of nitrogens with zero attached hydrogens (tertiary/aromatic N) is 2. The van der Waals surface area contributed by atoms with Gasteiger partial charge in [-0.3, -0.25) is 14.9 Å². The molecule has 0 radical (unpaired) electrons. The zero-order valence-electron chi connectivity index (χ0n) is 13.0. The molecule has 1 amide bonds. The highest BCUT2D eigenvalue weighted by atomic mass is 35.5. The molecule has 0 aliphatic rings. The summed E-state index contributed by atoms with van der Waals surface area (Å²) in [4.78, 5) is 22.3. The quantitative estimate of drug-likeness (QED) is 0.467. The van der Waals surface area contributed by atoms with Crippen molar-refractivity contribution >= 4 is 40.5 Å². The first-order chi connectivity index (χ1) is 11.9. The Morgan fingerprint density at radius 2 is 2.00 bits per heavy atom. The standard InChI is InChI=1S/C16H13Cl2N3O4/c1-10(12-4-2-3-5-14(12)21(23)24)19-20-16(22)9-25-15-7-6-11(17)8-13(15)18/h2-8H,9H2,1H3,(H,20,22)/b19-10-. The third-order valence-electron chi connectivity index (χ3n) is 3.09. The van der Waals surface area contributed by atoms with Crippen LogP contribution in [0.2, 0.25) is 10.0 Å². The molecule has 9 heteroatoms. The summed E-state index contributed by atoms with van der Waals surface area (Å²) >= 11 is 11.7.